The standard InChI is InChI=1S/C30H33N7O3S/c1-30(13-8-14-30)28-34-25(27(41-28)37-15-17-39-18-16-37)26-35-36-29(40-26)33-23(19-38)32-24(20-9-4-3-5-10-20)21-11-6-7-12-22(21)31-2/h3-7,9-12,19,23,31H,8,13-18H2,1-2H3,(H,33,36)/b32-24-. The number of nitrogens with one attached hydrogen (secondary N) is 2. The number of morpholine rings is 1. The van der Waals surface area contributed by atoms with Crippen LogP contribution in [0.1, 0.15) is 42.3 Å². The lowest BCUT2D eigenvalue weighted by Crippen LogP contribution is -2.36. The van der Waals surface area contributed by atoms with Gasteiger partial charge in [-0.15, -0.1) is 16.4 Å². The monoisotopic (exact) mass is 571 g/mol. The van der Waals surface area contributed by atoms with Crippen LogP contribution >= 0.6 is 11.3 Å². The van der Waals surface area contributed by atoms with E-state index in [-0.39, 0.29) is 11.4 Å². The lowest BCUT2D eigenvalue weighted by molar-refractivity contribution is -0.108. The quantitative estimate of drug-likeness (QED) is 0.201. The number of aromatic nitrogens is 3. The molecule has 1 saturated heterocycles. The van der Waals surface area contributed by atoms with E-state index in [2.05, 4.69) is 32.7 Å². The predicted molar refractivity (Wildman–Crippen MR) is 161 cm³/mol. The highest BCUT2D eigenvalue weighted by molar-refractivity contribution is 7.16. The Morgan fingerprint density at radius 1 is 1.10 bits per heavy atom. The molecule has 0 amide bonds. The van der Waals surface area contributed by atoms with Gasteiger partial charge in [-0.05, 0) is 18.9 Å². The number of anilines is 3. The summed E-state index contributed by atoms with van der Waals surface area (Å²) < 4.78 is 11.6. The van der Waals surface area contributed by atoms with Crippen molar-refractivity contribution in [2.75, 3.05) is 48.9 Å². The van der Waals surface area contributed by atoms with Gasteiger partial charge < -0.3 is 24.7 Å². The smallest absolute Gasteiger partial charge is 0.317 e. The summed E-state index contributed by atoms with van der Waals surface area (Å²) in [6, 6.07) is 17.7. The van der Waals surface area contributed by atoms with Gasteiger partial charge in [0.1, 0.15) is 10.0 Å². The first-order valence-corrected chi connectivity index (χ1v) is 14.7. The molecule has 41 heavy (non-hydrogen) atoms. The molecule has 1 saturated carbocycles. The van der Waals surface area contributed by atoms with Crippen molar-refractivity contribution in [2.24, 2.45) is 4.99 Å². The molecule has 0 radical (unpaired) electrons. The number of hydrogen-bond donors (Lipinski definition) is 2. The molecule has 2 aromatic carbocycles. The number of ether oxygens (including phenoxy) is 1. The molecule has 212 valence electrons. The van der Waals surface area contributed by atoms with Crippen LogP contribution in [-0.2, 0) is 14.9 Å². The average Bonchev–Trinajstić information content (AvgIpc) is 3.66. The van der Waals surface area contributed by atoms with Crippen LogP contribution in [0.3, 0.4) is 0 Å². The van der Waals surface area contributed by atoms with E-state index >= 15 is 0 Å². The summed E-state index contributed by atoms with van der Waals surface area (Å²) in [5, 5.41) is 16.9. The maximum atomic E-state index is 12.2. The molecule has 2 fully saturated rings. The highest BCUT2D eigenvalue weighted by atomic mass is 32.1. The van der Waals surface area contributed by atoms with Crippen LogP contribution in [-0.4, -0.2) is 66.7 Å². The largest absolute Gasteiger partial charge is 0.402 e. The first kappa shape index (κ1) is 27.1. The second-order valence-electron chi connectivity index (χ2n) is 10.5. The third kappa shape index (κ3) is 5.59. The fourth-order valence-corrected chi connectivity index (χ4v) is 6.47. The van der Waals surface area contributed by atoms with Crippen molar-refractivity contribution >= 4 is 40.0 Å². The normalized spacial score (nSPS) is 17.5. The Hall–Kier alpha value is -4.09. The van der Waals surface area contributed by atoms with E-state index in [1.54, 1.807) is 11.3 Å². The van der Waals surface area contributed by atoms with Crippen molar-refractivity contribution in [3.05, 3.63) is 70.7 Å². The van der Waals surface area contributed by atoms with E-state index in [1.807, 2.05) is 61.6 Å². The maximum Gasteiger partial charge on any atom is 0.317 e. The lowest BCUT2D eigenvalue weighted by atomic mass is 9.71. The van der Waals surface area contributed by atoms with E-state index in [9.17, 15) is 4.79 Å². The number of hydrogen-bond acceptors (Lipinski definition) is 11. The van der Waals surface area contributed by atoms with Gasteiger partial charge in [-0.3, -0.25) is 9.79 Å². The lowest BCUT2D eigenvalue weighted by Gasteiger charge is -2.36. The van der Waals surface area contributed by atoms with Crippen LogP contribution in [0, 0.1) is 0 Å². The fourth-order valence-electron chi connectivity index (χ4n) is 5.15. The number of thiazole rings is 1. The first-order chi connectivity index (χ1) is 20.1. The van der Waals surface area contributed by atoms with Crippen LogP contribution in [0.4, 0.5) is 16.7 Å². The third-order valence-electron chi connectivity index (χ3n) is 7.68. The van der Waals surface area contributed by atoms with Crippen LogP contribution in [0.15, 0.2) is 64.0 Å². The Balaban J connectivity index is 1.31. The molecule has 2 N–H and O–H groups in total. The highest BCUT2D eigenvalue weighted by Crippen LogP contribution is 2.48. The van der Waals surface area contributed by atoms with Gasteiger partial charge in [-0.2, -0.15) is 0 Å². The van der Waals surface area contributed by atoms with Gasteiger partial charge in [0.05, 0.1) is 18.9 Å². The number of carbonyl (C=O) groups is 1. The number of para-hydroxylation sites is 1. The molecule has 11 heteroatoms. The zero-order valence-corrected chi connectivity index (χ0v) is 24.0. The van der Waals surface area contributed by atoms with Crippen molar-refractivity contribution in [2.45, 2.75) is 37.8 Å². The van der Waals surface area contributed by atoms with Crippen molar-refractivity contribution < 1.29 is 13.9 Å². The second kappa shape index (κ2) is 11.8. The van der Waals surface area contributed by atoms with Crippen LogP contribution < -0.4 is 15.5 Å². The zero-order valence-electron chi connectivity index (χ0n) is 23.2. The summed E-state index contributed by atoms with van der Waals surface area (Å²) in [4.78, 5) is 24.3. The second-order valence-corrected chi connectivity index (χ2v) is 11.4. The molecule has 1 aliphatic carbocycles. The van der Waals surface area contributed by atoms with Crippen molar-refractivity contribution in [3.63, 3.8) is 0 Å². The number of carbonyl (C=O) groups excluding carboxylic acids is 1. The Morgan fingerprint density at radius 2 is 1.85 bits per heavy atom. The number of benzene rings is 2. The van der Waals surface area contributed by atoms with Gasteiger partial charge >= 0.3 is 6.01 Å². The number of nitrogens with zero attached hydrogens (tertiary/aromatic N) is 5. The van der Waals surface area contributed by atoms with Gasteiger partial charge in [0, 0.05) is 42.4 Å². The number of aliphatic imine (C=N–C) groups is 1. The van der Waals surface area contributed by atoms with E-state index in [1.165, 1.54) is 6.42 Å². The summed E-state index contributed by atoms with van der Waals surface area (Å²) in [6.45, 7) is 5.16. The summed E-state index contributed by atoms with van der Waals surface area (Å²) in [6.07, 6.45) is 3.23. The first-order valence-electron chi connectivity index (χ1n) is 13.9. The number of rotatable bonds is 10. The summed E-state index contributed by atoms with van der Waals surface area (Å²) in [5.74, 6) is 0.317. The van der Waals surface area contributed by atoms with Crippen molar-refractivity contribution in [1.82, 2.24) is 15.2 Å². The predicted octanol–water partition coefficient (Wildman–Crippen LogP) is 4.99. The molecule has 1 unspecified atom stereocenters. The minimum absolute atomic E-state index is 0.0832. The van der Waals surface area contributed by atoms with E-state index in [0.29, 0.717) is 30.5 Å². The minimum Gasteiger partial charge on any atom is -0.402 e. The Labute approximate surface area is 242 Å². The van der Waals surface area contributed by atoms with Gasteiger partial charge in [-0.1, -0.05) is 67.0 Å². The fraction of sp³-hybridized carbons (Fsp3) is 0.367. The molecule has 1 aliphatic heterocycles. The SMILES string of the molecule is CNc1ccccc1/C(=N\C(C=O)Nc1nnc(-c2nc(C3(C)CCC3)sc2N2CCOCC2)o1)c1ccccc1. The van der Waals surface area contributed by atoms with Gasteiger partial charge in [0.15, 0.2) is 18.1 Å². The van der Waals surface area contributed by atoms with Crippen LogP contribution in [0.25, 0.3) is 11.6 Å². The molecule has 1 atom stereocenters. The summed E-state index contributed by atoms with van der Waals surface area (Å²) in [7, 11) is 1.86. The highest BCUT2D eigenvalue weighted by Gasteiger charge is 2.39. The molecule has 4 aromatic rings. The van der Waals surface area contributed by atoms with Crippen LogP contribution in [0.5, 0.6) is 0 Å². The zero-order chi connectivity index (χ0) is 28.2. The molecule has 2 aliphatic rings. The van der Waals surface area contributed by atoms with Gasteiger partial charge in [-0.25, -0.2) is 4.98 Å². The Morgan fingerprint density at radius 3 is 2.56 bits per heavy atom. The van der Waals surface area contributed by atoms with Gasteiger partial charge in [0.25, 0.3) is 5.89 Å². The molecule has 10 nitrogen and oxygen atoms in total. The van der Waals surface area contributed by atoms with Gasteiger partial charge in [0.2, 0.25) is 0 Å². The Bertz CT molecular complexity index is 1520. The molecule has 2 aromatic heterocycles. The van der Waals surface area contributed by atoms with E-state index in [0.717, 1.165) is 59.0 Å². The number of aldehydes is 1. The van der Waals surface area contributed by atoms with Crippen molar-refractivity contribution in [1.29, 1.82) is 0 Å². The summed E-state index contributed by atoms with van der Waals surface area (Å²) in [5.41, 5.74) is 4.07. The topological polar surface area (TPSA) is 118 Å². The molecule has 0 bridgehead atoms. The van der Waals surface area contributed by atoms with E-state index < -0.39 is 6.17 Å². The molecule has 3 heterocycles. The van der Waals surface area contributed by atoms with E-state index in [4.69, 9.17) is 19.1 Å². The molecular formula is C30H33N7O3S. The average molecular weight is 572 g/mol. The summed E-state index contributed by atoms with van der Waals surface area (Å²) >= 11 is 1.71. The molecule has 6 rings (SSSR count). The third-order valence-corrected chi connectivity index (χ3v) is 9.10. The molecule has 0 spiro atoms. The maximum absolute atomic E-state index is 12.2. The Kier molecular flexibility index (Phi) is 7.80. The molecular weight excluding hydrogens is 538 g/mol. The van der Waals surface area contributed by atoms with Crippen molar-refractivity contribution in [3.8, 4) is 11.6 Å². The van der Waals surface area contributed by atoms with Crippen LogP contribution in [0.2, 0.25) is 0 Å². The minimum atomic E-state index is -0.956.